The Hall–Kier alpha value is 0.290. The monoisotopic (exact) mass is 454 g/mol. The molecule has 6 nitrogen and oxygen atoms in total. The molecule has 0 aromatic carbocycles. The summed E-state index contributed by atoms with van der Waals surface area (Å²) in [6.45, 7) is 3.56. The SMILES string of the molecule is CCC1CN(C)CN(C)/C1=N\[N+](=O)[O-].II. The zero-order chi connectivity index (χ0) is 12.7. The van der Waals surface area contributed by atoms with Gasteiger partial charge in [0.25, 0.3) is 0 Å². The van der Waals surface area contributed by atoms with E-state index in [1.165, 1.54) is 0 Å². The highest BCUT2D eigenvalue weighted by Crippen LogP contribution is 2.15. The molecule has 1 aliphatic heterocycles. The van der Waals surface area contributed by atoms with Crippen LogP contribution in [0.5, 0.6) is 0 Å². The van der Waals surface area contributed by atoms with Crippen molar-refractivity contribution in [3.63, 3.8) is 0 Å². The number of hydrogen-bond donors (Lipinski definition) is 0. The van der Waals surface area contributed by atoms with Gasteiger partial charge in [0.15, 0.2) is 10.9 Å². The van der Waals surface area contributed by atoms with E-state index in [1.807, 2.05) is 25.9 Å². The molecule has 0 aromatic heterocycles. The highest BCUT2D eigenvalue weighted by atomic mass is 128. The van der Waals surface area contributed by atoms with Crippen LogP contribution in [-0.4, -0.2) is 48.0 Å². The van der Waals surface area contributed by atoms with Crippen LogP contribution in [-0.2, 0) is 0 Å². The summed E-state index contributed by atoms with van der Waals surface area (Å²) in [5.74, 6) is 0.764. The summed E-state index contributed by atoms with van der Waals surface area (Å²) >= 11 is 4.24. The fourth-order valence-electron chi connectivity index (χ4n) is 1.82. The summed E-state index contributed by atoms with van der Waals surface area (Å²) in [6, 6.07) is 0. The maximum atomic E-state index is 10.3. The first-order chi connectivity index (χ1) is 7.54. The van der Waals surface area contributed by atoms with Crippen molar-refractivity contribution in [2.24, 2.45) is 11.0 Å². The molecule has 1 saturated heterocycles. The molecular formula is C8H16I2N4O2. The summed E-state index contributed by atoms with van der Waals surface area (Å²) in [4.78, 5) is 14.3. The second-order valence-electron chi connectivity index (χ2n) is 3.68. The van der Waals surface area contributed by atoms with Gasteiger partial charge in [0.05, 0.1) is 11.8 Å². The first-order valence-electron chi connectivity index (χ1n) is 4.81. The van der Waals surface area contributed by atoms with Crippen molar-refractivity contribution in [1.29, 1.82) is 0 Å². The Labute approximate surface area is 119 Å². The molecule has 1 fully saturated rings. The Balaban J connectivity index is 0.00000106. The van der Waals surface area contributed by atoms with Crippen LogP contribution >= 0.6 is 37.2 Å². The van der Waals surface area contributed by atoms with Gasteiger partial charge in [-0.25, -0.2) is 10.1 Å². The second-order valence-corrected chi connectivity index (χ2v) is 3.68. The molecule has 1 atom stereocenters. The number of hydrazone groups is 1. The largest absolute Gasteiger partial charge is 0.345 e. The van der Waals surface area contributed by atoms with E-state index in [9.17, 15) is 10.1 Å². The fourth-order valence-corrected chi connectivity index (χ4v) is 1.82. The number of amidine groups is 1. The molecule has 0 amide bonds. The van der Waals surface area contributed by atoms with E-state index in [0.29, 0.717) is 12.5 Å². The van der Waals surface area contributed by atoms with E-state index in [2.05, 4.69) is 47.2 Å². The van der Waals surface area contributed by atoms with E-state index in [0.717, 1.165) is 13.0 Å². The summed E-state index contributed by atoms with van der Waals surface area (Å²) < 4.78 is 0. The number of halogens is 2. The molecule has 1 heterocycles. The molecule has 1 rings (SSSR count). The molecule has 8 heteroatoms. The molecule has 0 N–H and O–H groups in total. The molecule has 16 heavy (non-hydrogen) atoms. The van der Waals surface area contributed by atoms with Gasteiger partial charge in [-0.2, -0.15) is 0 Å². The van der Waals surface area contributed by atoms with Gasteiger partial charge in [-0.05, 0) is 13.5 Å². The average Bonchev–Trinajstić information content (AvgIpc) is 2.24. The minimum absolute atomic E-state index is 0.171. The Morgan fingerprint density at radius 1 is 1.56 bits per heavy atom. The lowest BCUT2D eigenvalue weighted by atomic mass is 10.0. The van der Waals surface area contributed by atoms with Gasteiger partial charge >= 0.3 is 0 Å². The zero-order valence-corrected chi connectivity index (χ0v) is 13.9. The number of rotatable bonds is 2. The molecule has 1 unspecified atom stereocenters. The van der Waals surface area contributed by atoms with E-state index < -0.39 is 5.03 Å². The minimum atomic E-state index is -0.611. The maximum Gasteiger partial charge on any atom is 0.192 e. The van der Waals surface area contributed by atoms with Crippen LogP contribution < -0.4 is 0 Å². The Bertz CT molecular complexity index is 262. The van der Waals surface area contributed by atoms with E-state index in [4.69, 9.17) is 0 Å². The number of nitrogens with zero attached hydrogens (tertiary/aromatic N) is 4. The molecular weight excluding hydrogens is 438 g/mol. The number of nitro groups is 1. The third-order valence-corrected chi connectivity index (χ3v) is 2.42. The highest BCUT2D eigenvalue weighted by molar-refractivity contribution is 15.0. The van der Waals surface area contributed by atoms with Crippen molar-refractivity contribution >= 4 is 43.1 Å². The average molecular weight is 454 g/mol. The van der Waals surface area contributed by atoms with Gasteiger partial charge in [-0.1, -0.05) is 6.92 Å². The minimum Gasteiger partial charge on any atom is -0.345 e. The second kappa shape index (κ2) is 8.39. The van der Waals surface area contributed by atoms with Crippen molar-refractivity contribution in [2.45, 2.75) is 13.3 Å². The normalized spacial score (nSPS) is 23.9. The topological polar surface area (TPSA) is 62.0 Å². The lowest BCUT2D eigenvalue weighted by Crippen LogP contribution is -2.50. The van der Waals surface area contributed by atoms with Crippen molar-refractivity contribution in [3.05, 3.63) is 10.1 Å². The molecule has 94 valence electrons. The molecule has 0 bridgehead atoms. The van der Waals surface area contributed by atoms with Crippen molar-refractivity contribution in [3.8, 4) is 0 Å². The third kappa shape index (κ3) is 5.08. The summed E-state index contributed by atoms with van der Waals surface area (Å²) in [5.41, 5.74) is 0. The molecule has 0 aromatic rings. The van der Waals surface area contributed by atoms with E-state index in [1.54, 1.807) is 0 Å². The smallest absolute Gasteiger partial charge is 0.192 e. The summed E-state index contributed by atoms with van der Waals surface area (Å²) in [7, 11) is 3.84. The van der Waals surface area contributed by atoms with Gasteiger partial charge in [0, 0.05) is 56.7 Å². The van der Waals surface area contributed by atoms with Crippen LogP contribution in [0.1, 0.15) is 13.3 Å². The standard InChI is InChI=1S/C8H16N4O2.I2/c1-4-7-5-10(2)6-11(3)8(7)9-12(13)14;1-2/h7H,4-6H2,1-3H3;/b9-8-;. The first-order valence-corrected chi connectivity index (χ1v) is 11.1. The Morgan fingerprint density at radius 2 is 2.12 bits per heavy atom. The van der Waals surface area contributed by atoms with Gasteiger partial charge in [0.2, 0.25) is 0 Å². The van der Waals surface area contributed by atoms with Crippen molar-refractivity contribution in [1.82, 2.24) is 9.80 Å². The van der Waals surface area contributed by atoms with Crippen LogP contribution in [0.2, 0.25) is 0 Å². The van der Waals surface area contributed by atoms with Gasteiger partial charge in [-0.15, -0.1) is 0 Å². The molecule has 1 aliphatic rings. The van der Waals surface area contributed by atoms with Gasteiger partial charge in [0.1, 0.15) is 0 Å². The fraction of sp³-hybridized carbons (Fsp3) is 0.875. The predicted octanol–water partition coefficient (Wildman–Crippen LogP) is 2.21. The molecule has 0 saturated carbocycles. The summed E-state index contributed by atoms with van der Waals surface area (Å²) in [5, 5.41) is 13.2. The van der Waals surface area contributed by atoms with E-state index in [-0.39, 0.29) is 5.92 Å². The van der Waals surface area contributed by atoms with Crippen LogP contribution in [0.25, 0.3) is 0 Å². The summed E-state index contributed by atoms with van der Waals surface area (Å²) in [6.07, 6.45) is 0.876. The molecule has 0 aliphatic carbocycles. The van der Waals surface area contributed by atoms with Crippen molar-refractivity contribution < 1.29 is 5.03 Å². The van der Waals surface area contributed by atoms with Crippen LogP contribution in [0.3, 0.4) is 0 Å². The molecule has 0 spiro atoms. The predicted molar refractivity (Wildman–Crippen MR) is 81.5 cm³/mol. The Kier molecular flexibility index (Phi) is 8.54. The lowest BCUT2D eigenvalue weighted by molar-refractivity contribution is -0.486. The van der Waals surface area contributed by atoms with Crippen LogP contribution in [0, 0.1) is 16.0 Å². The zero-order valence-electron chi connectivity index (χ0n) is 9.56. The first kappa shape index (κ1) is 16.3. The Morgan fingerprint density at radius 3 is 2.56 bits per heavy atom. The quantitative estimate of drug-likeness (QED) is 0.365. The maximum absolute atomic E-state index is 10.3. The van der Waals surface area contributed by atoms with E-state index >= 15 is 0 Å². The third-order valence-electron chi connectivity index (χ3n) is 2.42. The molecule has 0 radical (unpaired) electrons. The van der Waals surface area contributed by atoms with Gasteiger partial charge in [-0.3, -0.25) is 4.90 Å². The van der Waals surface area contributed by atoms with Crippen LogP contribution in [0.15, 0.2) is 5.10 Å². The number of hydrogen-bond acceptors (Lipinski definition) is 3. The van der Waals surface area contributed by atoms with Crippen LogP contribution in [0.4, 0.5) is 0 Å². The van der Waals surface area contributed by atoms with Crippen molar-refractivity contribution in [2.75, 3.05) is 27.3 Å². The lowest BCUT2D eigenvalue weighted by Gasteiger charge is -2.36. The van der Waals surface area contributed by atoms with Gasteiger partial charge < -0.3 is 4.90 Å². The highest BCUT2D eigenvalue weighted by Gasteiger charge is 2.28.